The number of rotatable bonds is 3. The molecular weight excluding hydrogens is 368 g/mol. The molecule has 1 aliphatic rings. The van der Waals surface area contributed by atoms with Gasteiger partial charge in [0.2, 0.25) is 11.0 Å². The summed E-state index contributed by atoms with van der Waals surface area (Å²) < 4.78 is 0. The first-order valence-corrected chi connectivity index (χ1v) is 10.2. The van der Waals surface area contributed by atoms with Crippen molar-refractivity contribution in [2.75, 3.05) is 23.3 Å². The quantitative estimate of drug-likeness (QED) is 0.741. The number of nitrogens with zero attached hydrogens (tertiary/aromatic N) is 5. The topological polar surface area (TPSA) is 83.9 Å². The molecule has 0 spiro atoms. The Hall–Kier alpha value is -2.13. The Labute approximate surface area is 159 Å². The molecule has 0 atom stereocenters. The van der Waals surface area contributed by atoms with Gasteiger partial charge in [-0.15, -0.1) is 21.5 Å². The normalized spacial score (nSPS) is 15.6. The summed E-state index contributed by atoms with van der Waals surface area (Å²) in [5.41, 5.74) is 1.26. The molecule has 7 nitrogen and oxygen atoms in total. The maximum absolute atomic E-state index is 12.5. The molecule has 26 heavy (non-hydrogen) atoms. The number of carbonyl (C=O) groups is 1. The number of piperidine rings is 1. The van der Waals surface area contributed by atoms with E-state index in [1.54, 1.807) is 17.7 Å². The predicted molar refractivity (Wildman–Crippen MR) is 105 cm³/mol. The van der Waals surface area contributed by atoms with E-state index in [9.17, 15) is 4.79 Å². The van der Waals surface area contributed by atoms with E-state index < -0.39 is 0 Å². The fourth-order valence-electron chi connectivity index (χ4n) is 3.31. The highest BCUT2D eigenvalue weighted by Crippen LogP contribution is 2.35. The summed E-state index contributed by atoms with van der Waals surface area (Å²) in [6.07, 6.45) is 3.25. The molecule has 0 radical (unpaired) electrons. The molecule has 136 valence electrons. The average Bonchev–Trinajstić information content (AvgIpc) is 3.18. The fraction of sp³-hybridized carbons (Fsp3) is 0.471. The molecule has 0 unspecified atom stereocenters. The van der Waals surface area contributed by atoms with E-state index in [1.807, 2.05) is 6.92 Å². The molecule has 0 aliphatic carbocycles. The van der Waals surface area contributed by atoms with Crippen molar-refractivity contribution in [1.82, 2.24) is 20.2 Å². The number of carbonyl (C=O) groups excluding carboxylic acids is 1. The van der Waals surface area contributed by atoms with E-state index in [0.717, 1.165) is 47.0 Å². The smallest absolute Gasteiger partial charge is 0.229 e. The zero-order chi connectivity index (χ0) is 18.3. The summed E-state index contributed by atoms with van der Waals surface area (Å²) in [4.78, 5) is 26.0. The van der Waals surface area contributed by atoms with Gasteiger partial charge in [0.15, 0.2) is 0 Å². The number of anilines is 2. The lowest BCUT2D eigenvalue weighted by Crippen LogP contribution is -2.38. The second-order valence-electron chi connectivity index (χ2n) is 6.54. The van der Waals surface area contributed by atoms with Gasteiger partial charge in [-0.3, -0.25) is 4.79 Å². The molecule has 0 saturated carbocycles. The molecule has 0 bridgehead atoms. The van der Waals surface area contributed by atoms with Crippen LogP contribution < -0.4 is 10.2 Å². The summed E-state index contributed by atoms with van der Waals surface area (Å²) in [5, 5.41) is 13.4. The maximum Gasteiger partial charge on any atom is 0.229 e. The molecule has 1 saturated heterocycles. The average molecular weight is 389 g/mol. The first kappa shape index (κ1) is 17.3. The minimum absolute atomic E-state index is 0.00177. The third kappa shape index (κ3) is 3.16. The van der Waals surface area contributed by atoms with Crippen LogP contribution in [0.4, 0.5) is 10.9 Å². The van der Waals surface area contributed by atoms with Gasteiger partial charge in [0.05, 0.1) is 5.39 Å². The number of nitrogens with one attached hydrogen (secondary N) is 1. The number of amides is 1. The number of thiophene rings is 1. The van der Waals surface area contributed by atoms with Gasteiger partial charge in [0, 0.05) is 23.9 Å². The molecule has 1 fully saturated rings. The van der Waals surface area contributed by atoms with Crippen LogP contribution in [-0.2, 0) is 4.79 Å². The summed E-state index contributed by atoms with van der Waals surface area (Å²) >= 11 is 3.11. The third-order valence-electron chi connectivity index (χ3n) is 4.87. The predicted octanol–water partition coefficient (Wildman–Crippen LogP) is 3.32. The number of aryl methyl sites for hydroxylation is 3. The minimum atomic E-state index is -0.00177. The highest BCUT2D eigenvalue weighted by molar-refractivity contribution is 7.18. The monoisotopic (exact) mass is 388 g/mol. The number of hydrogen-bond acceptors (Lipinski definition) is 8. The van der Waals surface area contributed by atoms with Crippen LogP contribution >= 0.6 is 22.7 Å². The zero-order valence-corrected chi connectivity index (χ0v) is 16.6. The van der Waals surface area contributed by atoms with Crippen LogP contribution in [0.2, 0.25) is 0 Å². The SMILES string of the molecule is Cc1nnc(NC(=O)C2CCN(c3ncnc4sc(C)c(C)c34)CC2)s1. The molecule has 9 heteroatoms. The first-order chi connectivity index (χ1) is 12.5. The van der Waals surface area contributed by atoms with Crippen molar-refractivity contribution in [3.8, 4) is 0 Å². The van der Waals surface area contributed by atoms with Crippen molar-refractivity contribution in [2.45, 2.75) is 33.6 Å². The minimum Gasteiger partial charge on any atom is -0.356 e. The summed E-state index contributed by atoms with van der Waals surface area (Å²) in [5.74, 6) is 1.03. The van der Waals surface area contributed by atoms with Crippen LogP contribution in [0.1, 0.15) is 28.3 Å². The van der Waals surface area contributed by atoms with E-state index in [1.165, 1.54) is 21.8 Å². The van der Waals surface area contributed by atoms with E-state index >= 15 is 0 Å². The number of hydrogen-bond donors (Lipinski definition) is 1. The maximum atomic E-state index is 12.5. The summed E-state index contributed by atoms with van der Waals surface area (Å²) in [7, 11) is 0. The van der Waals surface area contributed by atoms with Gasteiger partial charge in [-0.25, -0.2) is 9.97 Å². The van der Waals surface area contributed by atoms with Gasteiger partial charge in [-0.1, -0.05) is 11.3 Å². The molecule has 4 rings (SSSR count). The third-order valence-corrected chi connectivity index (χ3v) is 6.74. The largest absolute Gasteiger partial charge is 0.356 e. The van der Waals surface area contributed by atoms with E-state index in [2.05, 4.69) is 44.2 Å². The highest BCUT2D eigenvalue weighted by atomic mass is 32.1. The van der Waals surface area contributed by atoms with Gasteiger partial charge in [-0.2, -0.15) is 0 Å². The fourth-order valence-corrected chi connectivity index (χ4v) is 4.90. The van der Waals surface area contributed by atoms with Crippen molar-refractivity contribution in [1.29, 1.82) is 0 Å². The molecule has 1 amide bonds. The van der Waals surface area contributed by atoms with Gasteiger partial charge in [0.25, 0.3) is 0 Å². The van der Waals surface area contributed by atoms with E-state index in [4.69, 9.17) is 0 Å². The van der Waals surface area contributed by atoms with Crippen molar-refractivity contribution >= 4 is 49.7 Å². The number of fused-ring (bicyclic) bond motifs is 1. The van der Waals surface area contributed by atoms with Crippen molar-refractivity contribution < 1.29 is 4.79 Å². The van der Waals surface area contributed by atoms with Crippen LogP contribution in [-0.4, -0.2) is 39.2 Å². The standard InChI is InChI=1S/C17H20N6OS2/c1-9-10(2)25-16-13(9)14(18-8-19-16)23-6-4-12(5-7-23)15(24)20-17-22-21-11(3)26-17/h8,12H,4-7H2,1-3H3,(H,20,22,24). The van der Waals surface area contributed by atoms with E-state index in [-0.39, 0.29) is 11.8 Å². The van der Waals surface area contributed by atoms with Crippen LogP contribution in [0, 0.1) is 26.7 Å². The Morgan fingerprint density at radius 1 is 1.15 bits per heavy atom. The van der Waals surface area contributed by atoms with Crippen molar-refractivity contribution in [2.24, 2.45) is 5.92 Å². The Balaban J connectivity index is 1.46. The van der Waals surface area contributed by atoms with Gasteiger partial charge >= 0.3 is 0 Å². The second kappa shape index (κ2) is 6.88. The Morgan fingerprint density at radius 2 is 1.92 bits per heavy atom. The molecule has 3 aromatic rings. The molecule has 0 aromatic carbocycles. The molecule has 1 aliphatic heterocycles. The number of aromatic nitrogens is 4. The lowest BCUT2D eigenvalue weighted by atomic mass is 9.96. The zero-order valence-electron chi connectivity index (χ0n) is 14.9. The highest BCUT2D eigenvalue weighted by Gasteiger charge is 2.27. The lowest BCUT2D eigenvalue weighted by Gasteiger charge is -2.32. The van der Waals surface area contributed by atoms with Gasteiger partial charge in [0.1, 0.15) is 22.0 Å². The van der Waals surface area contributed by atoms with Crippen LogP contribution in [0.5, 0.6) is 0 Å². The Bertz CT molecular complexity index is 957. The molecule has 3 aromatic heterocycles. The van der Waals surface area contributed by atoms with Gasteiger partial charge < -0.3 is 10.2 Å². The summed E-state index contributed by atoms with van der Waals surface area (Å²) in [6, 6.07) is 0. The molecule has 4 heterocycles. The second-order valence-corrected chi connectivity index (χ2v) is 8.92. The van der Waals surface area contributed by atoms with E-state index in [0.29, 0.717) is 5.13 Å². The first-order valence-electron chi connectivity index (χ1n) is 8.59. The van der Waals surface area contributed by atoms with Crippen LogP contribution in [0.3, 0.4) is 0 Å². The lowest BCUT2D eigenvalue weighted by molar-refractivity contribution is -0.120. The Kier molecular flexibility index (Phi) is 4.58. The Morgan fingerprint density at radius 3 is 2.62 bits per heavy atom. The molecule has 1 N–H and O–H groups in total. The van der Waals surface area contributed by atoms with Crippen LogP contribution in [0.15, 0.2) is 6.33 Å². The van der Waals surface area contributed by atoms with Crippen molar-refractivity contribution in [3.05, 3.63) is 21.8 Å². The van der Waals surface area contributed by atoms with Crippen LogP contribution in [0.25, 0.3) is 10.2 Å². The summed E-state index contributed by atoms with van der Waals surface area (Å²) in [6.45, 7) is 7.76. The van der Waals surface area contributed by atoms with Crippen molar-refractivity contribution in [3.63, 3.8) is 0 Å². The molecular formula is C17H20N6OS2. The van der Waals surface area contributed by atoms with Gasteiger partial charge in [-0.05, 0) is 39.2 Å².